The Morgan fingerprint density at radius 3 is 2.61 bits per heavy atom. The Morgan fingerprint density at radius 2 is 1.94 bits per heavy atom. The first-order valence-corrected chi connectivity index (χ1v) is 11.9. The number of guanidine groups is 1. The van der Waals surface area contributed by atoms with Crippen molar-refractivity contribution < 1.29 is 9.53 Å². The van der Waals surface area contributed by atoms with Gasteiger partial charge in [0, 0.05) is 31.1 Å². The second-order valence-electron chi connectivity index (χ2n) is 7.69. The van der Waals surface area contributed by atoms with Crippen LogP contribution in [0.2, 0.25) is 0 Å². The van der Waals surface area contributed by atoms with Crippen LogP contribution < -0.4 is 20.7 Å². The fraction of sp³-hybridized carbons (Fsp3) is 0.417. The molecule has 3 rings (SSSR count). The Bertz CT molecular complexity index is 895. The van der Waals surface area contributed by atoms with Crippen molar-refractivity contribution in [2.24, 2.45) is 4.99 Å². The summed E-state index contributed by atoms with van der Waals surface area (Å²) in [7, 11) is 1.78. The van der Waals surface area contributed by atoms with Crippen LogP contribution in [-0.2, 0) is 17.8 Å². The molecule has 0 aromatic heterocycles. The summed E-state index contributed by atoms with van der Waals surface area (Å²) in [4.78, 5) is 17.3. The first kappa shape index (κ1) is 23.0. The zero-order chi connectivity index (χ0) is 22.1. The molecule has 2 aromatic carbocycles. The van der Waals surface area contributed by atoms with E-state index in [4.69, 9.17) is 4.74 Å². The highest BCUT2D eigenvalue weighted by atomic mass is 32.2. The molecule has 2 aromatic rings. The molecular formula is C24H32N4O2S. The number of ether oxygens (including phenoxy) is 1. The van der Waals surface area contributed by atoms with Crippen molar-refractivity contribution in [3.8, 4) is 5.75 Å². The van der Waals surface area contributed by atoms with Gasteiger partial charge in [0.1, 0.15) is 5.75 Å². The molecule has 1 amide bonds. The van der Waals surface area contributed by atoms with Crippen LogP contribution in [0.3, 0.4) is 0 Å². The van der Waals surface area contributed by atoms with Crippen LogP contribution in [-0.4, -0.2) is 44.4 Å². The minimum absolute atomic E-state index is 0.0510. The van der Waals surface area contributed by atoms with E-state index < -0.39 is 0 Å². The smallest absolute Gasteiger partial charge is 0.258 e. The molecule has 0 unspecified atom stereocenters. The van der Waals surface area contributed by atoms with E-state index >= 15 is 0 Å². The highest BCUT2D eigenvalue weighted by molar-refractivity contribution is 7.98. The summed E-state index contributed by atoms with van der Waals surface area (Å²) >= 11 is 1.76. The minimum Gasteiger partial charge on any atom is -0.484 e. The molecule has 3 N–H and O–H groups in total. The number of rotatable bonds is 10. The van der Waals surface area contributed by atoms with Gasteiger partial charge in [-0.2, -0.15) is 0 Å². The number of carbonyl (C=O) groups excluding carboxylic acids is 1. The third-order valence-electron chi connectivity index (χ3n) is 5.05. The first-order valence-electron chi connectivity index (χ1n) is 10.7. The molecule has 7 heteroatoms. The Hall–Kier alpha value is -2.67. The van der Waals surface area contributed by atoms with E-state index in [9.17, 15) is 4.79 Å². The normalized spacial score (nSPS) is 13.6. The quantitative estimate of drug-likeness (QED) is 0.300. The van der Waals surface area contributed by atoms with Crippen molar-refractivity contribution in [2.75, 3.05) is 26.5 Å². The number of thioether (sulfide) groups is 1. The molecule has 31 heavy (non-hydrogen) atoms. The summed E-state index contributed by atoms with van der Waals surface area (Å²) in [6.07, 6.45) is 5.13. The summed E-state index contributed by atoms with van der Waals surface area (Å²) < 4.78 is 5.55. The monoisotopic (exact) mass is 440 g/mol. The van der Waals surface area contributed by atoms with E-state index in [-0.39, 0.29) is 12.5 Å². The van der Waals surface area contributed by atoms with Crippen LogP contribution in [0.4, 0.5) is 0 Å². The lowest BCUT2D eigenvalue weighted by molar-refractivity contribution is -0.123. The fourth-order valence-corrected chi connectivity index (χ4v) is 3.83. The van der Waals surface area contributed by atoms with Gasteiger partial charge in [-0.15, -0.1) is 11.8 Å². The van der Waals surface area contributed by atoms with Gasteiger partial charge >= 0.3 is 0 Å². The van der Waals surface area contributed by atoms with Gasteiger partial charge in [-0.05, 0) is 67.3 Å². The largest absolute Gasteiger partial charge is 0.484 e. The lowest BCUT2D eigenvalue weighted by Gasteiger charge is -2.14. The van der Waals surface area contributed by atoms with E-state index in [0.29, 0.717) is 11.8 Å². The molecular weight excluding hydrogens is 408 g/mol. The molecule has 0 atom stereocenters. The lowest BCUT2D eigenvalue weighted by atomic mass is 10.1. The van der Waals surface area contributed by atoms with Crippen molar-refractivity contribution in [1.29, 1.82) is 0 Å². The maximum absolute atomic E-state index is 11.7. The van der Waals surface area contributed by atoms with Gasteiger partial charge in [0.05, 0.1) is 0 Å². The molecule has 0 aliphatic heterocycles. The van der Waals surface area contributed by atoms with Crippen molar-refractivity contribution >= 4 is 23.6 Å². The van der Waals surface area contributed by atoms with Gasteiger partial charge in [0.2, 0.25) is 0 Å². The third kappa shape index (κ3) is 7.83. The third-order valence-corrected chi connectivity index (χ3v) is 5.87. The molecule has 1 aliphatic carbocycles. The summed E-state index contributed by atoms with van der Waals surface area (Å²) in [6.45, 7) is 3.68. The van der Waals surface area contributed by atoms with Crippen LogP contribution in [0, 0.1) is 6.92 Å². The molecule has 6 nitrogen and oxygen atoms in total. The number of benzene rings is 2. The van der Waals surface area contributed by atoms with Crippen LogP contribution in [0.1, 0.15) is 29.5 Å². The molecule has 0 bridgehead atoms. The van der Waals surface area contributed by atoms with Crippen molar-refractivity contribution in [1.82, 2.24) is 16.0 Å². The van der Waals surface area contributed by atoms with Gasteiger partial charge in [-0.1, -0.05) is 24.3 Å². The summed E-state index contributed by atoms with van der Waals surface area (Å²) in [5.74, 6) is 1.45. The number of carbonyl (C=O) groups is 1. The van der Waals surface area contributed by atoms with Crippen molar-refractivity contribution in [3.63, 3.8) is 0 Å². The van der Waals surface area contributed by atoms with Gasteiger partial charge in [0.25, 0.3) is 5.91 Å². The number of aliphatic imine (C=N–C) groups is 1. The van der Waals surface area contributed by atoms with E-state index in [0.717, 1.165) is 38.3 Å². The van der Waals surface area contributed by atoms with Crippen LogP contribution in [0.5, 0.6) is 5.75 Å². The highest BCUT2D eigenvalue weighted by Crippen LogP contribution is 2.21. The number of nitrogens with one attached hydrogen (secondary N) is 3. The average Bonchev–Trinajstić information content (AvgIpc) is 3.60. The predicted molar refractivity (Wildman–Crippen MR) is 128 cm³/mol. The first-order chi connectivity index (χ1) is 15.1. The minimum atomic E-state index is -0.0510. The van der Waals surface area contributed by atoms with Crippen molar-refractivity contribution in [3.05, 3.63) is 59.2 Å². The van der Waals surface area contributed by atoms with Crippen LogP contribution in [0.25, 0.3) is 0 Å². The second kappa shape index (κ2) is 11.6. The molecule has 0 radical (unpaired) electrons. The van der Waals surface area contributed by atoms with Gasteiger partial charge in [0.15, 0.2) is 12.6 Å². The van der Waals surface area contributed by atoms with E-state index in [1.807, 2.05) is 24.3 Å². The zero-order valence-corrected chi connectivity index (χ0v) is 19.3. The summed E-state index contributed by atoms with van der Waals surface area (Å²) in [6, 6.07) is 14.8. The number of aryl methyl sites for hydroxylation is 1. The lowest BCUT2D eigenvalue weighted by Crippen LogP contribution is -2.37. The molecule has 166 valence electrons. The molecule has 0 heterocycles. The molecule has 1 aliphatic rings. The molecule has 0 spiro atoms. The van der Waals surface area contributed by atoms with Crippen molar-refractivity contribution in [2.45, 2.75) is 43.7 Å². The zero-order valence-electron chi connectivity index (χ0n) is 18.5. The number of hydrogen-bond donors (Lipinski definition) is 3. The molecule has 0 saturated heterocycles. The second-order valence-corrected chi connectivity index (χ2v) is 8.54. The Morgan fingerprint density at radius 1 is 1.16 bits per heavy atom. The Labute approximate surface area is 189 Å². The van der Waals surface area contributed by atoms with Gasteiger partial charge in [-0.25, -0.2) is 0 Å². The average molecular weight is 441 g/mol. The highest BCUT2D eigenvalue weighted by Gasteiger charge is 2.23. The predicted octanol–water partition coefficient (Wildman–Crippen LogP) is 3.28. The topological polar surface area (TPSA) is 74.8 Å². The number of amides is 1. The maximum Gasteiger partial charge on any atom is 0.258 e. The molecule has 1 fully saturated rings. The van der Waals surface area contributed by atoms with E-state index in [1.54, 1.807) is 18.8 Å². The standard InChI is InChI=1S/C24H32N4O2S/c1-17-4-7-19(22(14-17)31-3)15-27-24(25-2)26-13-12-18-5-10-21(11-6-18)30-16-23(29)28-20-8-9-20/h4-7,10-11,14,20H,8-9,12-13,15-16H2,1-3H3,(H,28,29)(H2,25,26,27). The molecule has 1 saturated carbocycles. The Kier molecular flexibility index (Phi) is 8.64. The van der Waals surface area contributed by atoms with E-state index in [2.05, 4.69) is 52.3 Å². The summed E-state index contributed by atoms with van der Waals surface area (Å²) in [5, 5.41) is 9.67. The van der Waals surface area contributed by atoms with Gasteiger partial charge < -0.3 is 20.7 Å². The van der Waals surface area contributed by atoms with E-state index in [1.165, 1.54) is 21.6 Å². The fourth-order valence-electron chi connectivity index (χ4n) is 3.12. The Balaban J connectivity index is 1.38. The van der Waals surface area contributed by atoms with Crippen LogP contribution >= 0.6 is 11.8 Å². The van der Waals surface area contributed by atoms with Gasteiger partial charge in [-0.3, -0.25) is 9.79 Å². The SMILES string of the molecule is CN=C(NCCc1ccc(OCC(=O)NC2CC2)cc1)NCc1ccc(C)cc1SC. The number of nitrogens with zero attached hydrogens (tertiary/aromatic N) is 1. The summed E-state index contributed by atoms with van der Waals surface area (Å²) in [5.41, 5.74) is 3.73. The maximum atomic E-state index is 11.7. The van der Waals surface area contributed by atoms with Crippen LogP contribution in [0.15, 0.2) is 52.4 Å². The number of hydrogen-bond acceptors (Lipinski definition) is 4.